The van der Waals surface area contributed by atoms with Crippen LogP contribution in [0.1, 0.15) is 18.6 Å². The number of hydrogen-bond donors (Lipinski definition) is 1. The fourth-order valence-electron chi connectivity index (χ4n) is 2.60. The number of aromatic nitrogens is 2. The Labute approximate surface area is 92.7 Å². The van der Waals surface area contributed by atoms with Crippen molar-refractivity contribution in [1.82, 2.24) is 9.13 Å². The third kappa shape index (κ3) is 0.998. The van der Waals surface area contributed by atoms with E-state index >= 15 is 0 Å². The maximum absolute atomic E-state index is 12.0. The quantitative estimate of drug-likeness (QED) is 0.717. The molecule has 16 heavy (non-hydrogen) atoms. The Morgan fingerprint density at radius 3 is 2.94 bits per heavy atom. The van der Waals surface area contributed by atoms with Gasteiger partial charge < -0.3 is 5.11 Å². The van der Waals surface area contributed by atoms with Crippen LogP contribution in [0.5, 0.6) is 0 Å². The van der Waals surface area contributed by atoms with Crippen LogP contribution in [0.4, 0.5) is 0 Å². The lowest BCUT2D eigenvalue weighted by Gasteiger charge is -2.25. The van der Waals surface area contributed by atoms with E-state index in [1.807, 2.05) is 25.1 Å². The summed E-state index contributed by atoms with van der Waals surface area (Å²) < 4.78 is 3.41. The fourth-order valence-corrected chi connectivity index (χ4v) is 2.60. The number of imidazole rings is 1. The molecule has 2 heterocycles. The summed E-state index contributed by atoms with van der Waals surface area (Å²) >= 11 is 0. The van der Waals surface area contributed by atoms with Crippen LogP contribution in [0.2, 0.25) is 0 Å². The van der Waals surface area contributed by atoms with Gasteiger partial charge in [0.15, 0.2) is 0 Å². The van der Waals surface area contributed by atoms with Crippen LogP contribution in [-0.4, -0.2) is 14.2 Å². The van der Waals surface area contributed by atoms with Crippen molar-refractivity contribution in [3.05, 3.63) is 34.2 Å². The van der Waals surface area contributed by atoms with Crippen molar-refractivity contribution in [2.75, 3.05) is 0 Å². The largest absolute Gasteiger partial charge is 0.388 e. The zero-order valence-corrected chi connectivity index (χ0v) is 9.34. The van der Waals surface area contributed by atoms with Crippen molar-refractivity contribution >= 4 is 11.0 Å². The summed E-state index contributed by atoms with van der Waals surface area (Å²) in [6, 6.07) is 5.71. The lowest BCUT2D eigenvalue weighted by molar-refractivity contribution is 0.102. The summed E-state index contributed by atoms with van der Waals surface area (Å²) in [7, 11) is 1.77. The molecule has 2 atom stereocenters. The second kappa shape index (κ2) is 2.98. The maximum Gasteiger partial charge on any atom is 0.328 e. The fraction of sp³-hybridized carbons (Fsp3) is 0.417. The van der Waals surface area contributed by atoms with E-state index in [4.69, 9.17) is 0 Å². The van der Waals surface area contributed by atoms with E-state index in [0.717, 1.165) is 16.6 Å². The molecule has 1 aromatic carbocycles. The number of aliphatic hydroxyl groups excluding tert-OH is 1. The van der Waals surface area contributed by atoms with Gasteiger partial charge in [-0.2, -0.15) is 0 Å². The molecule has 1 aliphatic heterocycles. The Balaban J connectivity index is 2.51. The molecular formula is C12H14N2O2. The Kier molecular flexibility index (Phi) is 1.80. The number of benzene rings is 1. The molecule has 4 nitrogen and oxygen atoms in total. The van der Waals surface area contributed by atoms with Gasteiger partial charge >= 0.3 is 5.69 Å². The van der Waals surface area contributed by atoms with Crippen LogP contribution in [0, 0.1) is 5.92 Å². The van der Waals surface area contributed by atoms with Gasteiger partial charge in [0.05, 0.1) is 17.1 Å². The van der Waals surface area contributed by atoms with E-state index in [2.05, 4.69) is 0 Å². The minimum absolute atomic E-state index is 0.00111. The highest BCUT2D eigenvalue weighted by Crippen LogP contribution is 2.33. The van der Waals surface area contributed by atoms with E-state index in [0.29, 0.717) is 6.54 Å². The lowest BCUT2D eigenvalue weighted by atomic mass is 9.93. The van der Waals surface area contributed by atoms with Crippen molar-refractivity contribution in [2.24, 2.45) is 13.0 Å². The molecule has 1 aromatic heterocycles. The molecule has 0 aliphatic carbocycles. The predicted molar refractivity (Wildman–Crippen MR) is 61.3 cm³/mol. The Bertz CT molecular complexity index is 624. The van der Waals surface area contributed by atoms with E-state index in [1.54, 1.807) is 16.2 Å². The molecule has 2 aromatic rings. The molecule has 0 spiro atoms. The topological polar surface area (TPSA) is 47.2 Å². The molecule has 0 saturated carbocycles. The van der Waals surface area contributed by atoms with Crippen LogP contribution in [0.3, 0.4) is 0 Å². The van der Waals surface area contributed by atoms with E-state index in [1.165, 1.54) is 0 Å². The number of rotatable bonds is 0. The van der Waals surface area contributed by atoms with Gasteiger partial charge in [0, 0.05) is 25.1 Å². The number of hydrogen-bond acceptors (Lipinski definition) is 2. The highest BCUT2D eigenvalue weighted by Gasteiger charge is 2.28. The Morgan fingerprint density at radius 2 is 2.19 bits per heavy atom. The first-order valence-electron chi connectivity index (χ1n) is 5.47. The van der Waals surface area contributed by atoms with Crippen molar-refractivity contribution in [3.63, 3.8) is 0 Å². The van der Waals surface area contributed by atoms with Gasteiger partial charge in [-0.25, -0.2) is 4.79 Å². The number of aryl methyl sites for hydroxylation is 1. The zero-order valence-electron chi connectivity index (χ0n) is 9.34. The van der Waals surface area contributed by atoms with Gasteiger partial charge in [-0.3, -0.25) is 9.13 Å². The molecule has 3 rings (SSSR count). The molecule has 1 N–H and O–H groups in total. The van der Waals surface area contributed by atoms with Crippen molar-refractivity contribution in [2.45, 2.75) is 19.6 Å². The highest BCUT2D eigenvalue weighted by atomic mass is 16.3. The normalized spacial score (nSPS) is 23.9. The van der Waals surface area contributed by atoms with Crippen LogP contribution >= 0.6 is 0 Å². The van der Waals surface area contributed by atoms with Crippen LogP contribution in [0.15, 0.2) is 23.0 Å². The average Bonchev–Trinajstić information content (AvgIpc) is 2.53. The summed E-state index contributed by atoms with van der Waals surface area (Å²) in [5.41, 5.74) is 2.66. The van der Waals surface area contributed by atoms with Crippen molar-refractivity contribution in [3.8, 4) is 0 Å². The van der Waals surface area contributed by atoms with Gasteiger partial charge in [0.1, 0.15) is 0 Å². The Hall–Kier alpha value is -1.55. The van der Waals surface area contributed by atoms with Crippen LogP contribution in [-0.2, 0) is 13.6 Å². The molecule has 0 fully saturated rings. The Morgan fingerprint density at radius 1 is 1.44 bits per heavy atom. The molecule has 1 aliphatic rings. The molecule has 0 saturated heterocycles. The van der Waals surface area contributed by atoms with Gasteiger partial charge in [-0.05, 0) is 6.07 Å². The van der Waals surface area contributed by atoms with E-state index in [9.17, 15) is 9.90 Å². The summed E-state index contributed by atoms with van der Waals surface area (Å²) in [6.45, 7) is 2.56. The molecule has 4 heteroatoms. The first-order chi connectivity index (χ1) is 7.61. The van der Waals surface area contributed by atoms with Gasteiger partial charge in [0.2, 0.25) is 0 Å². The molecule has 0 radical (unpaired) electrons. The first kappa shape index (κ1) is 9.66. The minimum atomic E-state index is -0.467. The summed E-state index contributed by atoms with van der Waals surface area (Å²) in [6.07, 6.45) is -0.467. The number of nitrogens with zero attached hydrogens (tertiary/aromatic N) is 2. The molecule has 1 unspecified atom stereocenters. The molecule has 0 bridgehead atoms. The molecule has 0 amide bonds. The second-order valence-electron chi connectivity index (χ2n) is 4.59. The third-order valence-electron chi connectivity index (χ3n) is 3.52. The van der Waals surface area contributed by atoms with E-state index < -0.39 is 6.10 Å². The number of aliphatic hydroxyl groups is 1. The summed E-state index contributed by atoms with van der Waals surface area (Å²) in [4.78, 5) is 12.0. The monoisotopic (exact) mass is 218 g/mol. The SMILES string of the molecule is CC1Cn2c(=O)n(C)c3cccc(c32)[C@@H]1O. The second-order valence-corrected chi connectivity index (χ2v) is 4.59. The van der Waals surface area contributed by atoms with Gasteiger partial charge in [-0.15, -0.1) is 0 Å². The van der Waals surface area contributed by atoms with E-state index in [-0.39, 0.29) is 11.6 Å². The number of para-hydroxylation sites is 1. The first-order valence-corrected chi connectivity index (χ1v) is 5.47. The highest BCUT2D eigenvalue weighted by molar-refractivity contribution is 5.80. The van der Waals surface area contributed by atoms with Crippen molar-refractivity contribution in [1.29, 1.82) is 0 Å². The maximum atomic E-state index is 12.0. The van der Waals surface area contributed by atoms with Crippen molar-refractivity contribution < 1.29 is 5.11 Å². The third-order valence-corrected chi connectivity index (χ3v) is 3.52. The lowest BCUT2D eigenvalue weighted by Crippen LogP contribution is -2.29. The van der Waals surface area contributed by atoms with Crippen LogP contribution in [0.25, 0.3) is 11.0 Å². The minimum Gasteiger partial charge on any atom is -0.388 e. The predicted octanol–water partition coefficient (Wildman–Crippen LogP) is 1.02. The summed E-state index contributed by atoms with van der Waals surface area (Å²) in [5.74, 6) is 0.0817. The van der Waals surface area contributed by atoms with Crippen LogP contribution < -0.4 is 5.69 Å². The smallest absolute Gasteiger partial charge is 0.328 e. The molecule has 84 valence electrons. The van der Waals surface area contributed by atoms with Gasteiger partial charge in [0.25, 0.3) is 0 Å². The zero-order chi connectivity index (χ0) is 11.4. The summed E-state index contributed by atoms with van der Waals surface area (Å²) in [5, 5.41) is 10.1. The standard InChI is InChI=1S/C12H14N2O2/c1-7-6-14-10-8(11(7)15)4-3-5-9(10)13(2)12(14)16/h3-5,7,11,15H,6H2,1-2H3/t7?,11-/m1/s1. The average molecular weight is 218 g/mol. The van der Waals surface area contributed by atoms with Gasteiger partial charge in [-0.1, -0.05) is 19.1 Å². The molecular weight excluding hydrogens is 204 g/mol.